The molecule has 0 aromatic heterocycles. The number of unbranched alkanes of at least 4 members (excludes halogenated alkanes) is 19. The van der Waals surface area contributed by atoms with Gasteiger partial charge in [-0.2, -0.15) is 0 Å². The largest absolute Gasteiger partial charge is 0.316 e. The van der Waals surface area contributed by atoms with Gasteiger partial charge >= 0.3 is 0 Å². The Kier molecular flexibility index (Phi) is 21.9. The summed E-state index contributed by atoms with van der Waals surface area (Å²) >= 11 is 0. The van der Waals surface area contributed by atoms with E-state index in [0.29, 0.717) is 0 Å². The number of rotatable bonds is 21. The Hall–Kier alpha value is -0.0800. The first-order valence-corrected chi connectivity index (χ1v) is 11.8. The van der Waals surface area contributed by atoms with Gasteiger partial charge in [-0.25, -0.2) is 0 Å². The van der Waals surface area contributed by atoms with Crippen LogP contribution in [-0.2, 0) is 0 Å². The first kappa shape index (κ1) is 24.9. The number of hydrogen-bond donors (Lipinski definition) is 2. The molecular formula is C23H50N2. The minimum atomic E-state index is -0.101. The Labute approximate surface area is 159 Å². The van der Waals surface area contributed by atoms with E-state index in [0.717, 1.165) is 6.42 Å². The van der Waals surface area contributed by atoms with Crippen molar-refractivity contribution in [2.24, 2.45) is 11.5 Å². The molecule has 0 fully saturated rings. The lowest BCUT2D eigenvalue weighted by atomic mass is 10.0. The summed E-state index contributed by atoms with van der Waals surface area (Å²) in [6, 6.07) is 0. The molecule has 0 rings (SSSR count). The molecule has 0 heterocycles. The van der Waals surface area contributed by atoms with E-state index < -0.39 is 0 Å². The number of hydrogen-bond acceptors (Lipinski definition) is 2. The van der Waals surface area contributed by atoms with Crippen LogP contribution in [0.3, 0.4) is 0 Å². The molecule has 0 unspecified atom stereocenters. The molecule has 0 saturated heterocycles. The fraction of sp³-hybridized carbons (Fsp3) is 1.00. The third-order valence-corrected chi connectivity index (χ3v) is 5.39. The maximum Gasteiger partial charge on any atom is 0.0520 e. The molecule has 4 N–H and O–H groups in total. The molecule has 0 bridgehead atoms. The van der Waals surface area contributed by atoms with Crippen LogP contribution in [0.15, 0.2) is 0 Å². The third-order valence-electron chi connectivity index (χ3n) is 5.39. The zero-order chi connectivity index (χ0) is 18.4. The van der Waals surface area contributed by atoms with Gasteiger partial charge in [0.15, 0.2) is 0 Å². The van der Waals surface area contributed by atoms with Crippen molar-refractivity contribution in [1.82, 2.24) is 0 Å². The second-order valence-corrected chi connectivity index (χ2v) is 8.17. The highest BCUT2D eigenvalue weighted by Crippen LogP contribution is 2.14. The van der Waals surface area contributed by atoms with Crippen LogP contribution in [0.25, 0.3) is 0 Å². The normalized spacial score (nSPS) is 11.5. The van der Waals surface area contributed by atoms with Crippen LogP contribution >= 0.6 is 0 Å². The Balaban J connectivity index is 2.96. The molecule has 0 aromatic rings. The summed E-state index contributed by atoms with van der Waals surface area (Å²) in [4.78, 5) is 0. The fourth-order valence-electron chi connectivity index (χ4n) is 3.64. The lowest BCUT2D eigenvalue weighted by Crippen LogP contribution is -2.29. The van der Waals surface area contributed by atoms with Crippen molar-refractivity contribution in [3.8, 4) is 0 Å². The van der Waals surface area contributed by atoms with E-state index in [9.17, 15) is 0 Å². The second kappa shape index (κ2) is 22.0. The molecule has 0 aliphatic carbocycles. The van der Waals surface area contributed by atoms with Crippen LogP contribution < -0.4 is 11.5 Å². The van der Waals surface area contributed by atoms with E-state index in [1.807, 2.05) is 0 Å². The first-order chi connectivity index (χ1) is 12.3. The van der Waals surface area contributed by atoms with Crippen molar-refractivity contribution in [2.75, 3.05) is 0 Å². The van der Waals surface area contributed by atoms with Crippen LogP contribution in [0.4, 0.5) is 0 Å². The van der Waals surface area contributed by atoms with Gasteiger partial charge in [0.1, 0.15) is 0 Å². The van der Waals surface area contributed by atoms with Crippen molar-refractivity contribution in [2.45, 2.75) is 148 Å². The molecule has 0 atom stereocenters. The molecular weight excluding hydrogens is 304 g/mol. The summed E-state index contributed by atoms with van der Waals surface area (Å²) in [6.07, 6.45) is 29.4. The third kappa shape index (κ3) is 23.9. The van der Waals surface area contributed by atoms with Crippen LogP contribution in [0.2, 0.25) is 0 Å². The van der Waals surface area contributed by atoms with Crippen molar-refractivity contribution >= 4 is 0 Å². The van der Waals surface area contributed by atoms with Crippen LogP contribution in [0.1, 0.15) is 142 Å². The molecule has 25 heavy (non-hydrogen) atoms. The standard InChI is InChI=1S/C23H50N2/c1-2-3-4-5-6-7-8-9-10-11-12-13-14-15-16-17-18-19-20-21-22-23(24)25/h23H,2-22,24-25H2,1H3. The summed E-state index contributed by atoms with van der Waals surface area (Å²) < 4.78 is 0. The van der Waals surface area contributed by atoms with Gasteiger partial charge < -0.3 is 11.5 Å². The Morgan fingerprint density at radius 2 is 0.640 bits per heavy atom. The van der Waals surface area contributed by atoms with Crippen LogP contribution in [-0.4, -0.2) is 6.17 Å². The van der Waals surface area contributed by atoms with Gasteiger partial charge in [-0.3, -0.25) is 0 Å². The maximum absolute atomic E-state index is 5.55. The zero-order valence-electron chi connectivity index (χ0n) is 17.6. The molecule has 0 amide bonds. The van der Waals surface area contributed by atoms with Crippen LogP contribution in [0, 0.1) is 0 Å². The molecule has 0 aromatic carbocycles. The highest BCUT2D eigenvalue weighted by molar-refractivity contribution is 4.53. The van der Waals surface area contributed by atoms with Crippen molar-refractivity contribution < 1.29 is 0 Å². The number of nitrogens with two attached hydrogens (primary N) is 2. The predicted octanol–water partition coefficient (Wildman–Crippen LogP) is 7.44. The topological polar surface area (TPSA) is 52.0 Å². The van der Waals surface area contributed by atoms with Gasteiger partial charge in [0, 0.05) is 0 Å². The van der Waals surface area contributed by atoms with E-state index in [1.165, 1.54) is 128 Å². The van der Waals surface area contributed by atoms with Crippen molar-refractivity contribution in [1.29, 1.82) is 0 Å². The minimum absolute atomic E-state index is 0.101. The van der Waals surface area contributed by atoms with Gasteiger partial charge in [0.25, 0.3) is 0 Å². The summed E-state index contributed by atoms with van der Waals surface area (Å²) in [5.41, 5.74) is 11.1. The lowest BCUT2D eigenvalue weighted by Gasteiger charge is -2.05. The molecule has 0 saturated carbocycles. The van der Waals surface area contributed by atoms with Gasteiger partial charge in [-0.05, 0) is 6.42 Å². The molecule has 2 heteroatoms. The highest BCUT2D eigenvalue weighted by Gasteiger charge is 1.96. The first-order valence-electron chi connectivity index (χ1n) is 11.8. The smallest absolute Gasteiger partial charge is 0.0520 e. The summed E-state index contributed by atoms with van der Waals surface area (Å²) in [5, 5.41) is 0. The zero-order valence-corrected chi connectivity index (χ0v) is 17.6. The SMILES string of the molecule is CCCCCCCCCCCCCCCCCCCCCCC(N)N. The molecule has 2 nitrogen and oxygen atoms in total. The molecule has 0 aliphatic heterocycles. The van der Waals surface area contributed by atoms with Crippen molar-refractivity contribution in [3.05, 3.63) is 0 Å². The Bertz CT molecular complexity index is 228. The van der Waals surface area contributed by atoms with E-state index in [1.54, 1.807) is 0 Å². The molecule has 0 spiro atoms. The van der Waals surface area contributed by atoms with E-state index in [-0.39, 0.29) is 6.17 Å². The summed E-state index contributed by atoms with van der Waals surface area (Å²) in [6.45, 7) is 2.29. The lowest BCUT2D eigenvalue weighted by molar-refractivity contribution is 0.514. The van der Waals surface area contributed by atoms with Crippen molar-refractivity contribution in [3.63, 3.8) is 0 Å². The second-order valence-electron chi connectivity index (χ2n) is 8.17. The average molecular weight is 355 g/mol. The quantitative estimate of drug-likeness (QED) is 0.166. The van der Waals surface area contributed by atoms with E-state index in [2.05, 4.69) is 6.92 Å². The summed E-state index contributed by atoms with van der Waals surface area (Å²) in [5.74, 6) is 0. The molecule has 0 aliphatic rings. The van der Waals surface area contributed by atoms with Gasteiger partial charge in [-0.1, -0.05) is 135 Å². The van der Waals surface area contributed by atoms with Crippen LogP contribution in [0.5, 0.6) is 0 Å². The molecule has 0 radical (unpaired) electrons. The minimum Gasteiger partial charge on any atom is -0.316 e. The highest BCUT2D eigenvalue weighted by atomic mass is 14.8. The molecule has 152 valence electrons. The summed E-state index contributed by atoms with van der Waals surface area (Å²) in [7, 11) is 0. The average Bonchev–Trinajstić information content (AvgIpc) is 2.60. The predicted molar refractivity (Wildman–Crippen MR) is 115 cm³/mol. The fourth-order valence-corrected chi connectivity index (χ4v) is 3.64. The Morgan fingerprint density at radius 1 is 0.400 bits per heavy atom. The maximum atomic E-state index is 5.55. The van der Waals surface area contributed by atoms with Gasteiger partial charge in [0.2, 0.25) is 0 Å². The monoisotopic (exact) mass is 354 g/mol. The Morgan fingerprint density at radius 3 is 0.880 bits per heavy atom. The van der Waals surface area contributed by atoms with Gasteiger partial charge in [-0.15, -0.1) is 0 Å². The van der Waals surface area contributed by atoms with E-state index in [4.69, 9.17) is 11.5 Å². The van der Waals surface area contributed by atoms with Gasteiger partial charge in [0.05, 0.1) is 6.17 Å². The van der Waals surface area contributed by atoms with E-state index >= 15 is 0 Å².